The van der Waals surface area contributed by atoms with Gasteiger partial charge in [0.25, 0.3) is 5.91 Å². The Kier molecular flexibility index (Phi) is 5.74. The maximum Gasteiger partial charge on any atom is 0.259 e. The fraction of sp³-hybridized carbons (Fsp3) is 0.0870. The number of amides is 1. The third-order valence-electron chi connectivity index (χ3n) is 4.78. The summed E-state index contributed by atoms with van der Waals surface area (Å²) in [6, 6.07) is 20.8. The molecule has 4 rings (SSSR count). The van der Waals surface area contributed by atoms with Gasteiger partial charge in [-0.15, -0.1) is 0 Å². The molecular formula is C23H20N4O4S. The molecule has 0 atom stereocenters. The first kappa shape index (κ1) is 21.3. The molecule has 0 saturated heterocycles. The summed E-state index contributed by atoms with van der Waals surface area (Å²) in [5.74, 6) is 0.993. The molecule has 0 radical (unpaired) electrons. The Morgan fingerprint density at radius 1 is 0.969 bits per heavy atom. The Labute approximate surface area is 185 Å². The number of H-pyrrole nitrogens is 1. The van der Waals surface area contributed by atoms with E-state index in [0.29, 0.717) is 17.3 Å². The Bertz CT molecular complexity index is 1360. The number of benzene rings is 3. The Balaban J connectivity index is 1.53. The van der Waals surface area contributed by atoms with Crippen LogP contribution in [0.4, 0.5) is 5.69 Å². The molecule has 0 aliphatic carbocycles. The van der Waals surface area contributed by atoms with Crippen molar-refractivity contribution in [3.05, 3.63) is 78.4 Å². The van der Waals surface area contributed by atoms with Gasteiger partial charge >= 0.3 is 0 Å². The molecule has 3 aromatic carbocycles. The van der Waals surface area contributed by atoms with Gasteiger partial charge < -0.3 is 10.1 Å². The minimum Gasteiger partial charge on any atom is -0.496 e. The van der Waals surface area contributed by atoms with Crippen LogP contribution in [0.3, 0.4) is 0 Å². The summed E-state index contributed by atoms with van der Waals surface area (Å²) < 4.78 is 28.9. The van der Waals surface area contributed by atoms with Crippen LogP contribution in [0.5, 0.6) is 5.75 Å². The van der Waals surface area contributed by atoms with Crippen LogP contribution in [0.25, 0.3) is 22.8 Å². The largest absolute Gasteiger partial charge is 0.496 e. The van der Waals surface area contributed by atoms with Crippen molar-refractivity contribution in [3.8, 4) is 28.5 Å². The molecule has 32 heavy (non-hydrogen) atoms. The van der Waals surface area contributed by atoms with Crippen LogP contribution in [0.15, 0.2) is 77.7 Å². The summed E-state index contributed by atoms with van der Waals surface area (Å²) in [4.78, 5) is 17.3. The maximum atomic E-state index is 12.8. The van der Waals surface area contributed by atoms with Gasteiger partial charge in [0.2, 0.25) is 0 Å². The number of methoxy groups -OCH3 is 1. The van der Waals surface area contributed by atoms with Crippen LogP contribution in [-0.4, -0.2) is 42.9 Å². The monoisotopic (exact) mass is 448 g/mol. The molecule has 0 spiro atoms. The van der Waals surface area contributed by atoms with E-state index in [1.807, 2.05) is 30.3 Å². The van der Waals surface area contributed by atoms with Gasteiger partial charge in [-0.25, -0.2) is 13.4 Å². The van der Waals surface area contributed by atoms with E-state index < -0.39 is 15.7 Å². The second-order valence-corrected chi connectivity index (χ2v) is 9.06. The fourth-order valence-electron chi connectivity index (χ4n) is 3.11. The van der Waals surface area contributed by atoms with E-state index in [1.54, 1.807) is 24.3 Å². The highest BCUT2D eigenvalue weighted by Gasteiger charge is 2.17. The van der Waals surface area contributed by atoms with Crippen molar-refractivity contribution < 1.29 is 17.9 Å². The summed E-state index contributed by atoms with van der Waals surface area (Å²) in [7, 11) is -2.04. The molecular weight excluding hydrogens is 428 g/mol. The van der Waals surface area contributed by atoms with Crippen molar-refractivity contribution in [3.63, 3.8) is 0 Å². The number of hydrogen-bond acceptors (Lipinski definition) is 6. The van der Waals surface area contributed by atoms with Gasteiger partial charge in [-0.2, -0.15) is 5.10 Å². The minimum absolute atomic E-state index is 0.0401. The van der Waals surface area contributed by atoms with Crippen molar-refractivity contribution in [1.82, 2.24) is 15.2 Å². The summed E-state index contributed by atoms with van der Waals surface area (Å²) in [5, 5.41) is 9.93. The fourth-order valence-corrected chi connectivity index (χ4v) is 3.76. The maximum absolute atomic E-state index is 12.8. The highest BCUT2D eigenvalue weighted by Crippen LogP contribution is 2.25. The molecule has 8 nitrogen and oxygen atoms in total. The third kappa shape index (κ3) is 4.52. The average Bonchev–Trinajstić information content (AvgIpc) is 3.29. The molecule has 9 heteroatoms. The predicted molar refractivity (Wildman–Crippen MR) is 121 cm³/mol. The standard InChI is InChI=1S/C23H20N4O4S/c1-31-20-13-12-18(32(2,29)30)14-19(20)23(28)24-17-10-8-16(9-11-17)22-25-21(26-27-22)15-6-4-3-5-7-15/h3-14H,1-2H3,(H,24,28)(H,25,26,27). The van der Waals surface area contributed by atoms with E-state index in [1.165, 1.54) is 25.3 Å². The first-order chi connectivity index (χ1) is 15.3. The van der Waals surface area contributed by atoms with Gasteiger partial charge in [-0.05, 0) is 42.5 Å². The Hall–Kier alpha value is -3.98. The first-order valence-corrected chi connectivity index (χ1v) is 11.5. The lowest BCUT2D eigenvalue weighted by molar-refractivity contribution is 0.102. The van der Waals surface area contributed by atoms with Crippen molar-refractivity contribution in [2.75, 3.05) is 18.7 Å². The lowest BCUT2D eigenvalue weighted by Crippen LogP contribution is -2.14. The molecule has 0 saturated carbocycles. The van der Waals surface area contributed by atoms with Gasteiger partial charge in [0.15, 0.2) is 21.5 Å². The van der Waals surface area contributed by atoms with Crippen molar-refractivity contribution in [2.24, 2.45) is 0 Å². The highest BCUT2D eigenvalue weighted by atomic mass is 32.2. The smallest absolute Gasteiger partial charge is 0.259 e. The number of carbonyl (C=O) groups is 1. The minimum atomic E-state index is -3.46. The lowest BCUT2D eigenvalue weighted by atomic mass is 10.1. The van der Waals surface area contributed by atoms with E-state index in [-0.39, 0.29) is 16.2 Å². The van der Waals surface area contributed by atoms with Crippen molar-refractivity contribution >= 4 is 21.4 Å². The number of sulfone groups is 1. The molecule has 0 aliphatic heterocycles. The molecule has 1 heterocycles. The lowest BCUT2D eigenvalue weighted by Gasteiger charge is -2.11. The van der Waals surface area contributed by atoms with Gasteiger partial charge in [0, 0.05) is 23.1 Å². The second kappa shape index (κ2) is 8.64. The number of nitrogens with zero attached hydrogens (tertiary/aromatic N) is 2. The number of aromatic nitrogens is 3. The van der Waals surface area contributed by atoms with Gasteiger partial charge in [-0.3, -0.25) is 9.89 Å². The zero-order valence-electron chi connectivity index (χ0n) is 17.4. The normalized spacial score (nSPS) is 11.2. The van der Waals surface area contributed by atoms with Crippen LogP contribution in [-0.2, 0) is 9.84 Å². The predicted octanol–water partition coefficient (Wildman–Crippen LogP) is 3.80. The average molecular weight is 449 g/mol. The third-order valence-corrected chi connectivity index (χ3v) is 5.89. The van der Waals surface area contributed by atoms with Crippen LogP contribution in [0, 0.1) is 0 Å². The van der Waals surface area contributed by atoms with Crippen LogP contribution in [0.2, 0.25) is 0 Å². The summed E-state index contributed by atoms with van der Waals surface area (Å²) in [6.07, 6.45) is 1.09. The summed E-state index contributed by atoms with van der Waals surface area (Å²) in [6.45, 7) is 0. The first-order valence-electron chi connectivity index (χ1n) is 9.63. The molecule has 0 fully saturated rings. The molecule has 0 unspecified atom stereocenters. The molecule has 1 aromatic heterocycles. The zero-order chi connectivity index (χ0) is 22.7. The quantitative estimate of drug-likeness (QED) is 0.464. The van der Waals surface area contributed by atoms with E-state index in [4.69, 9.17) is 4.74 Å². The zero-order valence-corrected chi connectivity index (χ0v) is 18.2. The van der Waals surface area contributed by atoms with Gasteiger partial charge in [-0.1, -0.05) is 30.3 Å². The SMILES string of the molecule is COc1ccc(S(C)(=O)=O)cc1C(=O)Nc1ccc(-c2nc(-c3ccccc3)n[nH]2)cc1. The number of anilines is 1. The number of hydrogen-bond donors (Lipinski definition) is 2. The summed E-state index contributed by atoms with van der Waals surface area (Å²) >= 11 is 0. The summed E-state index contributed by atoms with van der Waals surface area (Å²) in [5.41, 5.74) is 2.37. The molecule has 0 bridgehead atoms. The van der Waals surface area contributed by atoms with E-state index >= 15 is 0 Å². The van der Waals surface area contributed by atoms with Crippen molar-refractivity contribution in [1.29, 1.82) is 0 Å². The highest BCUT2D eigenvalue weighted by molar-refractivity contribution is 7.90. The van der Waals surface area contributed by atoms with Crippen LogP contribution >= 0.6 is 0 Å². The number of ether oxygens (including phenoxy) is 1. The molecule has 0 aliphatic rings. The van der Waals surface area contributed by atoms with E-state index in [9.17, 15) is 13.2 Å². The Morgan fingerprint density at radius 2 is 1.69 bits per heavy atom. The van der Waals surface area contributed by atoms with Gasteiger partial charge in [0.05, 0.1) is 17.6 Å². The van der Waals surface area contributed by atoms with E-state index in [2.05, 4.69) is 20.5 Å². The Morgan fingerprint density at radius 3 is 2.34 bits per heavy atom. The number of carbonyl (C=O) groups excluding carboxylic acids is 1. The molecule has 1 amide bonds. The second-order valence-electron chi connectivity index (χ2n) is 7.04. The number of aromatic amines is 1. The molecule has 4 aromatic rings. The molecule has 162 valence electrons. The molecule has 2 N–H and O–H groups in total. The number of nitrogens with one attached hydrogen (secondary N) is 2. The van der Waals surface area contributed by atoms with E-state index in [0.717, 1.165) is 17.4 Å². The number of rotatable bonds is 6. The van der Waals surface area contributed by atoms with Crippen molar-refractivity contribution in [2.45, 2.75) is 4.90 Å². The van der Waals surface area contributed by atoms with Crippen LogP contribution < -0.4 is 10.1 Å². The van der Waals surface area contributed by atoms with Gasteiger partial charge in [0.1, 0.15) is 5.75 Å². The topological polar surface area (TPSA) is 114 Å². The van der Waals surface area contributed by atoms with Crippen LogP contribution in [0.1, 0.15) is 10.4 Å².